The number of hydrogen-bond donors (Lipinski definition) is 3. The van der Waals surface area contributed by atoms with E-state index in [1.807, 2.05) is 18.2 Å². The fourth-order valence-corrected chi connectivity index (χ4v) is 2.40. The van der Waals surface area contributed by atoms with Crippen LogP contribution in [-0.4, -0.2) is 21.2 Å². The number of benzene rings is 1. The van der Waals surface area contributed by atoms with Crippen molar-refractivity contribution in [3.05, 3.63) is 33.9 Å². The van der Waals surface area contributed by atoms with Crippen molar-refractivity contribution in [3.8, 4) is 0 Å². The Kier molecular flexibility index (Phi) is 2.73. The van der Waals surface area contributed by atoms with Gasteiger partial charge in [0.1, 0.15) is 0 Å². The molecule has 0 saturated heterocycles. The normalized spacial score (nSPS) is 12.9. The molecule has 84 valence electrons. The van der Waals surface area contributed by atoms with Crippen LogP contribution in [0.2, 0.25) is 0 Å². The predicted molar refractivity (Wildman–Crippen MR) is 63.3 cm³/mol. The van der Waals surface area contributed by atoms with Crippen LogP contribution in [0.25, 0.3) is 10.9 Å². The van der Waals surface area contributed by atoms with Gasteiger partial charge in [-0.25, -0.2) is 4.79 Å². The van der Waals surface area contributed by atoms with E-state index in [4.69, 9.17) is 5.11 Å². The molecular formula is C11H10BrNO3. The van der Waals surface area contributed by atoms with Crippen molar-refractivity contribution in [2.45, 2.75) is 13.0 Å². The van der Waals surface area contributed by atoms with Crippen molar-refractivity contribution in [2.75, 3.05) is 0 Å². The van der Waals surface area contributed by atoms with Crippen LogP contribution in [0.4, 0.5) is 0 Å². The number of halogens is 1. The van der Waals surface area contributed by atoms with Crippen LogP contribution in [0, 0.1) is 6.92 Å². The second kappa shape index (κ2) is 3.92. The number of rotatable bonds is 2. The Balaban J connectivity index is 2.77. The Hall–Kier alpha value is -1.33. The number of carboxylic acids is 1. The first-order chi connectivity index (χ1) is 7.52. The molecule has 0 aliphatic heterocycles. The van der Waals surface area contributed by atoms with E-state index in [9.17, 15) is 9.90 Å². The molecule has 0 aliphatic carbocycles. The summed E-state index contributed by atoms with van der Waals surface area (Å²) in [5.74, 6) is -1.25. The van der Waals surface area contributed by atoms with Crippen molar-refractivity contribution in [1.82, 2.24) is 4.98 Å². The van der Waals surface area contributed by atoms with Crippen LogP contribution in [0.1, 0.15) is 17.4 Å². The van der Waals surface area contributed by atoms with Gasteiger partial charge in [-0.05, 0) is 19.1 Å². The largest absolute Gasteiger partial charge is 0.479 e. The molecule has 3 N–H and O–H groups in total. The molecule has 0 spiro atoms. The molecule has 1 unspecified atom stereocenters. The number of aliphatic carboxylic acids is 1. The van der Waals surface area contributed by atoms with Gasteiger partial charge in [-0.3, -0.25) is 0 Å². The summed E-state index contributed by atoms with van der Waals surface area (Å²) in [6, 6.07) is 5.50. The third-order valence-corrected chi connectivity index (χ3v) is 3.18. The molecule has 4 nitrogen and oxygen atoms in total. The maximum absolute atomic E-state index is 10.8. The zero-order chi connectivity index (χ0) is 11.9. The van der Waals surface area contributed by atoms with Gasteiger partial charge in [-0.1, -0.05) is 22.0 Å². The molecule has 0 amide bonds. The van der Waals surface area contributed by atoms with Crippen molar-refractivity contribution < 1.29 is 15.0 Å². The summed E-state index contributed by atoms with van der Waals surface area (Å²) in [6.07, 6.45) is -1.51. The lowest BCUT2D eigenvalue weighted by Crippen LogP contribution is -2.11. The Morgan fingerprint density at radius 1 is 1.50 bits per heavy atom. The van der Waals surface area contributed by atoms with Gasteiger partial charge in [0, 0.05) is 26.6 Å². The first kappa shape index (κ1) is 11.2. The van der Waals surface area contributed by atoms with Crippen LogP contribution in [0.15, 0.2) is 22.7 Å². The van der Waals surface area contributed by atoms with E-state index in [0.717, 1.165) is 15.4 Å². The minimum atomic E-state index is -1.51. The molecule has 0 aliphatic rings. The average Bonchev–Trinajstić information content (AvgIpc) is 2.54. The molecular weight excluding hydrogens is 274 g/mol. The number of H-pyrrole nitrogens is 1. The van der Waals surface area contributed by atoms with E-state index in [0.29, 0.717) is 11.3 Å². The molecule has 1 heterocycles. The number of aliphatic hydroxyl groups is 1. The number of carboxylic acid groups (broad SMARTS) is 1. The Morgan fingerprint density at radius 3 is 2.81 bits per heavy atom. The number of nitrogens with one attached hydrogen (secondary N) is 1. The highest BCUT2D eigenvalue weighted by atomic mass is 79.9. The van der Waals surface area contributed by atoms with Crippen molar-refractivity contribution in [1.29, 1.82) is 0 Å². The fraction of sp³-hybridized carbons (Fsp3) is 0.182. The van der Waals surface area contributed by atoms with Gasteiger partial charge in [-0.15, -0.1) is 0 Å². The average molecular weight is 284 g/mol. The topological polar surface area (TPSA) is 73.3 Å². The molecule has 2 rings (SSSR count). The highest BCUT2D eigenvalue weighted by Crippen LogP contribution is 2.33. The second-order valence-electron chi connectivity index (χ2n) is 3.57. The van der Waals surface area contributed by atoms with Crippen LogP contribution in [-0.2, 0) is 4.79 Å². The van der Waals surface area contributed by atoms with E-state index in [-0.39, 0.29) is 0 Å². The standard InChI is InChI=1S/C11H10BrNO3/c1-5-8(10(14)11(15)16)9-6(12)3-2-4-7(9)13-5/h2-4,10,13-14H,1H3,(H,15,16). The van der Waals surface area contributed by atoms with Crippen molar-refractivity contribution in [2.24, 2.45) is 0 Å². The Bertz CT molecular complexity index is 562. The lowest BCUT2D eigenvalue weighted by molar-refractivity contribution is -0.146. The highest BCUT2D eigenvalue weighted by molar-refractivity contribution is 9.10. The van der Waals surface area contributed by atoms with E-state index in [2.05, 4.69) is 20.9 Å². The lowest BCUT2D eigenvalue weighted by Gasteiger charge is -2.06. The predicted octanol–water partition coefficient (Wildman–Crippen LogP) is 2.36. The minimum Gasteiger partial charge on any atom is -0.479 e. The number of aromatic amines is 1. The summed E-state index contributed by atoms with van der Waals surface area (Å²) in [4.78, 5) is 13.9. The van der Waals surface area contributed by atoms with Crippen LogP contribution >= 0.6 is 15.9 Å². The maximum Gasteiger partial charge on any atom is 0.337 e. The first-order valence-corrected chi connectivity index (χ1v) is 5.49. The molecule has 5 heteroatoms. The van der Waals surface area contributed by atoms with Gasteiger partial charge < -0.3 is 15.2 Å². The van der Waals surface area contributed by atoms with E-state index < -0.39 is 12.1 Å². The summed E-state index contributed by atoms with van der Waals surface area (Å²) < 4.78 is 0.768. The highest BCUT2D eigenvalue weighted by Gasteiger charge is 2.23. The smallest absolute Gasteiger partial charge is 0.337 e. The molecule has 0 radical (unpaired) electrons. The van der Waals surface area contributed by atoms with Gasteiger partial charge in [0.05, 0.1) is 0 Å². The van der Waals surface area contributed by atoms with Gasteiger partial charge >= 0.3 is 5.97 Å². The summed E-state index contributed by atoms with van der Waals surface area (Å²) in [5, 5.41) is 19.2. The van der Waals surface area contributed by atoms with Crippen molar-refractivity contribution >= 4 is 32.8 Å². The molecule has 0 fully saturated rings. The SMILES string of the molecule is Cc1[nH]c2cccc(Br)c2c1C(O)C(=O)O. The van der Waals surface area contributed by atoms with Crippen LogP contribution < -0.4 is 0 Å². The van der Waals surface area contributed by atoms with E-state index >= 15 is 0 Å². The monoisotopic (exact) mass is 283 g/mol. The summed E-state index contributed by atoms with van der Waals surface area (Å²) in [7, 11) is 0. The van der Waals surface area contributed by atoms with Crippen molar-refractivity contribution in [3.63, 3.8) is 0 Å². The maximum atomic E-state index is 10.8. The van der Waals surface area contributed by atoms with Gasteiger partial charge in [0.25, 0.3) is 0 Å². The Morgan fingerprint density at radius 2 is 2.19 bits per heavy atom. The lowest BCUT2D eigenvalue weighted by atomic mass is 10.1. The summed E-state index contributed by atoms with van der Waals surface area (Å²) in [6.45, 7) is 1.74. The molecule has 1 aromatic carbocycles. The minimum absolute atomic E-state index is 0.412. The first-order valence-electron chi connectivity index (χ1n) is 4.70. The van der Waals surface area contributed by atoms with Crippen LogP contribution in [0.3, 0.4) is 0 Å². The number of fused-ring (bicyclic) bond motifs is 1. The summed E-state index contributed by atoms with van der Waals surface area (Å²) >= 11 is 3.35. The number of carbonyl (C=O) groups is 1. The third kappa shape index (κ3) is 1.62. The number of aliphatic hydroxyl groups excluding tert-OH is 1. The Labute approximate surface area is 100 Å². The second-order valence-corrected chi connectivity index (χ2v) is 4.42. The third-order valence-electron chi connectivity index (χ3n) is 2.52. The van der Waals surface area contributed by atoms with E-state index in [1.165, 1.54) is 0 Å². The van der Waals surface area contributed by atoms with Gasteiger partial charge in [-0.2, -0.15) is 0 Å². The molecule has 0 bridgehead atoms. The summed E-state index contributed by atoms with van der Waals surface area (Å²) in [5.41, 5.74) is 1.88. The fourth-order valence-electron chi connectivity index (χ4n) is 1.82. The number of aryl methyl sites for hydroxylation is 1. The zero-order valence-corrected chi connectivity index (χ0v) is 10.1. The molecule has 2 aromatic rings. The number of hydrogen-bond acceptors (Lipinski definition) is 2. The quantitative estimate of drug-likeness (QED) is 0.792. The van der Waals surface area contributed by atoms with Gasteiger partial charge in [0.15, 0.2) is 6.10 Å². The molecule has 16 heavy (non-hydrogen) atoms. The molecule has 1 atom stereocenters. The zero-order valence-electron chi connectivity index (χ0n) is 8.49. The van der Waals surface area contributed by atoms with E-state index in [1.54, 1.807) is 6.92 Å². The van der Waals surface area contributed by atoms with Gasteiger partial charge in [0.2, 0.25) is 0 Å². The molecule has 1 aromatic heterocycles. The number of aromatic nitrogens is 1. The van der Waals surface area contributed by atoms with Crippen LogP contribution in [0.5, 0.6) is 0 Å². The molecule has 0 saturated carbocycles.